The highest BCUT2D eigenvalue weighted by Gasteiger charge is 2.10. The molecule has 1 unspecified atom stereocenters. The van der Waals surface area contributed by atoms with Crippen molar-refractivity contribution >= 4 is 28.5 Å². The Hall–Kier alpha value is -2.64. The minimum Gasteiger partial charge on any atom is -0.375 e. The van der Waals surface area contributed by atoms with E-state index in [1.165, 1.54) is 0 Å². The summed E-state index contributed by atoms with van der Waals surface area (Å²) in [6, 6.07) is 9.37. The molecule has 2 heterocycles. The van der Waals surface area contributed by atoms with Gasteiger partial charge in [0.25, 0.3) is 0 Å². The molecule has 0 saturated heterocycles. The van der Waals surface area contributed by atoms with Crippen LogP contribution in [0.15, 0.2) is 36.5 Å². The van der Waals surface area contributed by atoms with Crippen LogP contribution in [0.5, 0.6) is 0 Å². The lowest BCUT2D eigenvalue weighted by atomic mass is 10.2. The smallest absolute Gasteiger partial charge is 0.231 e. The average Bonchev–Trinajstić information content (AvgIpc) is 2.96. The third kappa shape index (κ3) is 3.41. The van der Waals surface area contributed by atoms with E-state index in [1.54, 1.807) is 12.1 Å². The molecule has 7 heteroatoms. The Morgan fingerprint density at radius 1 is 1.13 bits per heavy atom. The molecule has 0 spiro atoms. The molecule has 120 valence electrons. The van der Waals surface area contributed by atoms with Crippen molar-refractivity contribution in [1.29, 1.82) is 0 Å². The number of benzene rings is 1. The van der Waals surface area contributed by atoms with E-state index in [9.17, 15) is 5.11 Å². The molecule has 7 nitrogen and oxygen atoms in total. The van der Waals surface area contributed by atoms with E-state index in [-0.39, 0.29) is 6.04 Å². The largest absolute Gasteiger partial charge is 0.375 e. The van der Waals surface area contributed by atoms with Crippen molar-refractivity contribution in [3.63, 3.8) is 0 Å². The van der Waals surface area contributed by atoms with Gasteiger partial charge in [0.1, 0.15) is 17.7 Å². The Labute approximate surface area is 134 Å². The van der Waals surface area contributed by atoms with E-state index >= 15 is 0 Å². The Bertz CT molecular complexity index is 794. The van der Waals surface area contributed by atoms with Crippen LogP contribution in [-0.4, -0.2) is 26.1 Å². The molecular formula is C16H20N6O. The van der Waals surface area contributed by atoms with Gasteiger partial charge in [0, 0.05) is 17.9 Å². The van der Waals surface area contributed by atoms with E-state index in [4.69, 9.17) is 5.73 Å². The number of nitrogens with two attached hydrogens (primary N) is 1. The second kappa shape index (κ2) is 6.23. The van der Waals surface area contributed by atoms with E-state index in [0.717, 1.165) is 22.5 Å². The number of H-pyrrole nitrogens is 1. The summed E-state index contributed by atoms with van der Waals surface area (Å²) in [4.78, 5) is 12.1. The quantitative estimate of drug-likeness (QED) is 0.463. The van der Waals surface area contributed by atoms with E-state index in [0.29, 0.717) is 11.5 Å². The second-order valence-electron chi connectivity index (χ2n) is 5.63. The van der Waals surface area contributed by atoms with Crippen molar-refractivity contribution in [3.05, 3.63) is 42.1 Å². The highest BCUT2D eigenvalue weighted by Crippen LogP contribution is 2.23. The van der Waals surface area contributed by atoms with Crippen LogP contribution in [0.1, 0.15) is 25.6 Å². The summed E-state index contributed by atoms with van der Waals surface area (Å²) < 4.78 is 0. The molecule has 0 radical (unpaired) electrons. The zero-order valence-corrected chi connectivity index (χ0v) is 13.0. The maximum absolute atomic E-state index is 9.34. The number of aromatic nitrogens is 3. The van der Waals surface area contributed by atoms with Gasteiger partial charge in [-0.3, -0.25) is 0 Å². The van der Waals surface area contributed by atoms with Gasteiger partial charge >= 0.3 is 0 Å². The van der Waals surface area contributed by atoms with Crippen LogP contribution in [0.3, 0.4) is 0 Å². The summed E-state index contributed by atoms with van der Waals surface area (Å²) in [5, 5.41) is 16.8. The van der Waals surface area contributed by atoms with Crippen molar-refractivity contribution < 1.29 is 5.11 Å². The molecular weight excluding hydrogens is 292 g/mol. The molecule has 0 amide bonds. The summed E-state index contributed by atoms with van der Waals surface area (Å²) in [5.41, 5.74) is 7.66. The van der Waals surface area contributed by atoms with Gasteiger partial charge in [-0.2, -0.15) is 9.97 Å². The van der Waals surface area contributed by atoms with Crippen LogP contribution < -0.4 is 16.4 Å². The predicted molar refractivity (Wildman–Crippen MR) is 91.5 cm³/mol. The lowest BCUT2D eigenvalue weighted by molar-refractivity contribution is 0.186. The standard InChI is InChI=1S/C16H20N6O/c1-9(2)19-15-12-7-8-18-14(12)21-16(22-15)20-11-5-3-10(4-6-11)13(17)23/h3-9,13,23H,17H2,1-2H3,(H3,18,19,20,21,22). The van der Waals surface area contributed by atoms with E-state index in [1.807, 2.05) is 24.4 Å². The van der Waals surface area contributed by atoms with E-state index in [2.05, 4.69) is 39.4 Å². The van der Waals surface area contributed by atoms with Gasteiger partial charge in [0.05, 0.1) is 5.39 Å². The molecule has 6 N–H and O–H groups in total. The van der Waals surface area contributed by atoms with Crippen molar-refractivity contribution in [2.45, 2.75) is 26.1 Å². The number of hydrogen-bond donors (Lipinski definition) is 5. The summed E-state index contributed by atoms with van der Waals surface area (Å²) in [5.74, 6) is 1.27. The van der Waals surface area contributed by atoms with Gasteiger partial charge in [0.15, 0.2) is 0 Å². The number of aliphatic hydroxyl groups excluding tert-OH is 1. The van der Waals surface area contributed by atoms with Crippen molar-refractivity contribution in [2.24, 2.45) is 5.73 Å². The van der Waals surface area contributed by atoms with Crippen molar-refractivity contribution in [1.82, 2.24) is 15.0 Å². The Kier molecular flexibility index (Phi) is 4.14. The number of rotatable bonds is 5. The number of fused-ring (bicyclic) bond motifs is 1. The molecule has 0 bridgehead atoms. The Balaban J connectivity index is 1.90. The third-order valence-corrected chi connectivity index (χ3v) is 3.35. The maximum Gasteiger partial charge on any atom is 0.231 e. The molecule has 3 aromatic rings. The lowest BCUT2D eigenvalue weighted by Crippen LogP contribution is -2.12. The number of aromatic amines is 1. The minimum atomic E-state index is -0.975. The second-order valence-corrected chi connectivity index (χ2v) is 5.63. The lowest BCUT2D eigenvalue weighted by Gasteiger charge is -2.12. The first-order chi connectivity index (χ1) is 11.0. The fraction of sp³-hybridized carbons (Fsp3) is 0.250. The van der Waals surface area contributed by atoms with Gasteiger partial charge in [-0.25, -0.2) is 0 Å². The van der Waals surface area contributed by atoms with Crippen LogP contribution in [0.25, 0.3) is 11.0 Å². The number of anilines is 3. The first kappa shape index (κ1) is 15.3. The van der Waals surface area contributed by atoms with Crippen LogP contribution >= 0.6 is 0 Å². The first-order valence-corrected chi connectivity index (χ1v) is 7.45. The predicted octanol–water partition coefficient (Wildman–Crippen LogP) is 2.47. The summed E-state index contributed by atoms with van der Waals surface area (Å²) in [7, 11) is 0. The van der Waals surface area contributed by atoms with Crippen LogP contribution in [0.2, 0.25) is 0 Å². The molecule has 0 aliphatic carbocycles. The fourth-order valence-corrected chi connectivity index (χ4v) is 2.27. The average molecular weight is 312 g/mol. The minimum absolute atomic E-state index is 0.265. The highest BCUT2D eigenvalue weighted by molar-refractivity contribution is 5.88. The fourth-order valence-electron chi connectivity index (χ4n) is 2.27. The molecule has 2 aromatic heterocycles. The number of nitrogens with one attached hydrogen (secondary N) is 3. The Morgan fingerprint density at radius 2 is 1.87 bits per heavy atom. The highest BCUT2D eigenvalue weighted by atomic mass is 16.3. The van der Waals surface area contributed by atoms with Crippen LogP contribution in [0, 0.1) is 0 Å². The van der Waals surface area contributed by atoms with Crippen molar-refractivity contribution in [2.75, 3.05) is 10.6 Å². The van der Waals surface area contributed by atoms with Gasteiger partial charge < -0.3 is 26.5 Å². The number of aliphatic hydroxyl groups is 1. The molecule has 0 fully saturated rings. The zero-order chi connectivity index (χ0) is 16.4. The number of hydrogen-bond acceptors (Lipinski definition) is 6. The maximum atomic E-state index is 9.34. The first-order valence-electron chi connectivity index (χ1n) is 7.45. The Morgan fingerprint density at radius 3 is 2.52 bits per heavy atom. The normalized spacial score (nSPS) is 12.6. The van der Waals surface area contributed by atoms with Gasteiger partial charge in [0.2, 0.25) is 5.95 Å². The summed E-state index contributed by atoms with van der Waals surface area (Å²) in [6.45, 7) is 4.12. The van der Waals surface area contributed by atoms with E-state index < -0.39 is 6.23 Å². The molecule has 0 aliphatic rings. The zero-order valence-electron chi connectivity index (χ0n) is 13.0. The molecule has 3 rings (SSSR count). The van der Waals surface area contributed by atoms with Gasteiger partial charge in [-0.1, -0.05) is 12.1 Å². The van der Waals surface area contributed by atoms with Gasteiger partial charge in [-0.15, -0.1) is 0 Å². The summed E-state index contributed by atoms with van der Waals surface area (Å²) >= 11 is 0. The monoisotopic (exact) mass is 312 g/mol. The SMILES string of the molecule is CC(C)Nc1nc(Nc2ccc(C(N)O)cc2)nc2[nH]ccc12. The van der Waals surface area contributed by atoms with Gasteiger partial charge in [-0.05, 0) is 37.6 Å². The third-order valence-electron chi connectivity index (χ3n) is 3.35. The molecule has 1 aromatic carbocycles. The molecule has 0 aliphatic heterocycles. The van der Waals surface area contributed by atoms with Crippen molar-refractivity contribution in [3.8, 4) is 0 Å². The van der Waals surface area contributed by atoms with Crippen LogP contribution in [0.4, 0.5) is 17.5 Å². The summed E-state index contributed by atoms with van der Waals surface area (Å²) in [6.07, 6.45) is 0.865. The molecule has 23 heavy (non-hydrogen) atoms. The molecule has 1 atom stereocenters. The molecule has 0 saturated carbocycles. The topological polar surface area (TPSA) is 112 Å². The number of nitrogens with zero attached hydrogens (tertiary/aromatic N) is 2. The van der Waals surface area contributed by atoms with Crippen LogP contribution in [-0.2, 0) is 0 Å².